The Bertz CT molecular complexity index is 790. The molecule has 5 nitrogen and oxygen atoms in total. The zero-order valence-electron chi connectivity index (χ0n) is 15.3. The molecule has 0 bridgehead atoms. The lowest BCUT2D eigenvalue weighted by atomic mass is 10.0. The Balaban J connectivity index is 1.62. The second-order valence-corrected chi connectivity index (χ2v) is 7.45. The molecule has 142 valence electrons. The Morgan fingerprint density at radius 2 is 1.89 bits per heavy atom. The van der Waals surface area contributed by atoms with Gasteiger partial charge in [-0.15, -0.1) is 0 Å². The SMILES string of the molecule is COc1ccc(CCCC(=O)N2CCNC(=O)[C@H]2c2ccc(Br)cc2)cc1. The van der Waals surface area contributed by atoms with Gasteiger partial charge in [-0.05, 0) is 48.2 Å². The van der Waals surface area contributed by atoms with Crippen molar-refractivity contribution in [3.05, 3.63) is 64.1 Å². The molecule has 1 heterocycles. The summed E-state index contributed by atoms with van der Waals surface area (Å²) in [5, 5.41) is 2.87. The van der Waals surface area contributed by atoms with Crippen molar-refractivity contribution in [2.75, 3.05) is 20.2 Å². The minimum atomic E-state index is -0.555. The van der Waals surface area contributed by atoms with Crippen molar-refractivity contribution in [2.24, 2.45) is 0 Å². The molecule has 0 aromatic heterocycles. The average Bonchev–Trinajstić information content (AvgIpc) is 2.69. The van der Waals surface area contributed by atoms with Gasteiger partial charge in [-0.25, -0.2) is 0 Å². The molecule has 27 heavy (non-hydrogen) atoms. The number of ether oxygens (including phenoxy) is 1. The van der Waals surface area contributed by atoms with Crippen LogP contribution in [0.15, 0.2) is 53.0 Å². The first-order valence-electron chi connectivity index (χ1n) is 9.04. The molecule has 0 saturated carbocycles. The number of halogens is 1. The second kappa shape index (κ2) is 9.04. The lowest BCUT2D eigenvalue weighted by Crippen LogP contribution is -2.52. The first-order chi connectivity index (χ1) is 13.1. The highest BCUT2D eigenvalue weighted by Crippen LogP contribution is 2.26. The van der Waals surface area contributed by atoms with Gasteiger partial charge in [0.15, 0.2) is 0 Å². The van der Waals surface area contributed by atoms with Gasteiger partial charge in [-0.2, -0.15) is 0 Å². The van der Waals surface area contributed by atoms with E-state index in [1.165, 1.54) is 5.56 Å². The third kappa shape index (κ3) is 4.89. The predicted molar refractivity (Wildman–Crippen MR) is 108 cm³/mol. The normalized spacial score (nSPS) is 16.7. The quantitative estimate of drug-likeness (QED) is 0.762. The van der Waals surface area contributed by atoms with Gasteiger partial charge < -0.3 is 15.0 Å². The summed E-state index contributed by atoms with van der Waals surface area (Å²) in [7, 11) is 1.64. The number of nitrogens with zero attached hydrogens (tertiary/aromatic N) is 1. The van der Waals surface area contributed by atoms with Crippen molar-refractivity contribution in [2.45, 2.75) is 25.3 Å². The van der Waals surface area contributed by atoms with Crippen LogP contribution in [0.25, 0.3) is 0 Å². The van der Waals surface area contributed by atoms with E-state index < -0.39 is 6.04 Å². The van der Waals surface area contributed by atoms with Gasteiger partial charge in [0.1, 0.15) is 11.8 Å². The molecule has 0 radical (unpaired) electrons. The van der Waals surface area contributed by atoms with Crippen LogP contribution in [-0.2, 0) is 16.0 Å². The van der Waals surface area contributed by atoms with Crippen molar-refractivity contribution in [3.63, 3.8) is 0 Å². The van der Waals surface area contributed by atoms with Crippen LogP contribution in [0.1, 0.15) is 30.0 Å². The number of carbonyl (C=O) groups is 2. The fraction of sp³-hybridized carbons (Fsp3) is 0.333. The van der Waals surface area contributed by atoms with Crippen molar-refractivity contribution in [1.29, 1.82) is 0 Å². The molecular weight excluding hydrogens is 408 g/mol. The maximum atomic E-state index is 12.8. The molecule has 0 spiro atoms. The van der Waals surface area contributed by atoms with Crippen LogP contribution in [0.3, 0.4) is 0 Å². The molecule has 6 heteroatoms. The van der Waals surface area contributed by atoms with E-state index in [0.29, 0.717) is 19.5 Å². The molecule has 1 saturated heterocycles. The van der Waals surface area contributed by atoms with E-state index in [2.05, 4.69) is 21.2 Å². The van der Waals surface area contributed by atoms with E-state index in [9.17, 15) is 9.59 Å². The van der Waals surface area contributed by atoms with Gasteiger partial charge in [0, 0.05) is 24.0 Å². The Morgan fingerprint density at radius 1 is 1.19 bits per heavy atom. The maximum absolute atomic E-state index is 12.8. The summed E-state index contributed by atoms with van der Waals surface area (Å²) in [6.07, 6.45) is 1.99. The van der Waals surface area contributed by atoms with Crippen LogP contribution in [0, 0.1) is 0 Å². The number of rotatable bonds is 6. The van der Waals surface area contributed by atoms with Crippen LogP contribution < -0.4 is 10.1 Å². The number of amides is 2. The summed E-state index contributed by atoms with van der Waals surface area (Å²) in [5.41, 5.74) is 2.00. The fourth-order valence-corrected chi connectivity index (χ4v) is 3.56. The molecule has 2 aromatic carbocycles. The fourth-order valence-electron chi connectivity index (χ4n) is 3.29. The number of carbonyl (C=O) groups excluding carboxylic acids is 2. The van der Waals surface area contributed by atoms with Gasteiger partial charge in [0.25, 0.3) is 0 Å². The van der Waals surface area contributed by atoms with Crippen molar-refractivity contribution < 1.29 is 14.3 Å². The molecule has 0 aliphatic carbocycles. The van der Waals surface area contributed by atoms with Crippen LogP contribution in [0.2, 0.25) is 0 Å². The van der Waals surface area contributed by atoms with Crippen LogP contribution in [0.4, 0.5) is 0 Å². The van der Waals surface area contributed by atoms with Gasteiger partial charge in [-0.3, -0.25) is 9.59 Å². The standard InChI is InChI=1S/C21H23BrN2O3/c1-27-18-11-5-15(6-12-18)3-2-4-19(25)24-14-13-23-21(26)20(24)16-7-9-17(22)10-8-16/h5-12,20H,2-4,13-14H2,1H3,(H,23,26)/t20-/m1/s1. The Labute approximate surface area is 167 Å². The Morgan fingerprint density at radius 3 is 2.56 bits per heavy atom. The van der Waals surface area contributed by atoms with E-state index in [4.69, 9.17) is 4.74 Å². The van der Waals surface area contributed by atoms with Crippen LogP contribution >= 0.6 is 15.9 Å². The van der Waals surface area contributed by atoms with Gasteiger partial charge >= 0.3 is 0 Å². The molecule has 2 aromatic rings. The number of benzene rings is 2. The maximum Gasteiger partial charge on any atom is 0.247 e. The number of piperazine rings is 1. The molecule has 1 fully saturated rings. The summed E-state index contributed by atoms with van der Waals surface area (Å²) in [5.74, 6) is 0.727. The topological polar surface area (TPSA) is 58.6 Å². The monoisotopic (exact) mass is 430 g/mol. The lowest BCUT2D eigenvalue weighted by Gasteiger charge is -2.35. The van der Waals surface area contributed by atoms with Gasteiger partial charge in [0.2, 0.25) is 11.8 Å². The largest absolute Gasteiger partial charge is 0.497 e. The number of nitrogens with one attached hydrogen (secondary N) is 1. The van der Waals surface area contributed by atoms with E-state index >= 15 is 0 Å². The highest BCUT2D eigenvalue weighted by molar-refractivity contribution is 9.10. The van der Waals surface area contributed by atoms with Gasteiger partial charge in [-0.1, -0.05) is 40.2 Å². The highest BCUT2D eigenvalue weighted by Gasteiger charge is 2.33. The summed E-state index contributed by atoms with van der Waals surface area (Å²) in [6.45, 7) is 1.03. The summed E-state index contributed by atoms with van der Waals surface area (Å²) in [6, 6.07) is 14.9. The minimum absolute atomic E-state index is 0.0197. The van der Waals surface area contributed by atoms with Crippen molar-refractivity contribution in [3.8, 4) is 5.75 Å². The minimum Gasteiger partial charge on any atom is -0.497 e. The Kier molecular flexibility index (Phi) is 6.50. The molecule has 2 amide bonds. The number of methoxy groups -OCH3 is 1. The number of hydrogen-bond acceptors (Lipinski definition) is 3. The highest BCUT2D eigenvalue weighted by atomic mass is 79.9. The third-order valence-corrected chi connectivity index (χ3v) is 5.26. The second-order valence-electron chi connectivity index (χ2n) is 6.53. The molecular formula is C21H23BrN2O3. The summed E-state index contributed by atoms with van der Waals surface area (Å²) in [4.78, 5) is 26.9. The Hall–Kier alpha value is -2.34. The zero-order valence-corrected chi connectivity index (χ0v) is 16.9. The molecule has 1 N–H and O–H groups in total. The zero-order chi connectivity index (χ0) is 19.2. The first kappa shape index (κ1) is 19.4. The van der Waals surface area contributed by atoms with E-state index in [-0.39, 0.29) is 11.8 Å². The molecule has 1 aliphatic rings. The van der Waals surface area contributed by atoms with Crippen molar-refractivity contribution >= 4 is 27.7 Å². The summed E-state index contributed by atoms with van der Waals surface area (Å²) >= 11 is 3.41. The smallest absolute Gasteiger partial charge is 0.247 e. The average molecular weight is 431 g/mol. The van der Waals surface area contributed by atoms with Gasteiger partial charge in [0.05, 0.1) is 7.11 Å². The van der Waals surface area contributed by atoms with Crippen molar-refractivity contribution in [1.82, 2.24) is 10.2 Å². The number of aryl methyl sites for hydroxylation is 1. The molecule has 1 aliphatic heterocycles. The third-order valence-electron chi connectivity index (χ3n) is 4.73. The number of hydrogen-bond donors (Lipinski definition) is 1. The first-order valence-corrected chi connectivity index (χ1v) is 9.83. The van der Waals surface area contributed by atoms with E-state index in [1.54, 1.807) is 12.0 Å². The summed E-state index contributed by atoms with van der Waals surface area (Å²) < 4.78 is 6.11. The molecule has 1 atom stereocenters. The molecule has 3 rings (SSSR count). The van der Waals surface area contributed by atoms with Crippen LogP contribution in [-0.4, -0.2) is 36.9 Å². The van der Waals surface area contributed by atoms with E-state index in [0.717, 1.165) is 28.6 Å². The lowest BCUT2D eigenvalue weighted by molar-refractivity contribution is -0.143. The molecule has 0 unspecified atom stereocenters. The van der Waals surface area contributed by atoms with E-state index in [1.807, 2.05) is 48.5 Å². The van der Waals surface area contributed by atoms with Crippen LogP contribution in [0.5, 0.6) is 5.75 Å². The predicted octanol–water partition coefficient (Wildman–Crippen LogP) is 3.48.